The third-order valence-electron chi connectivity index (χ3n) is 3.50. The summed E-state index contributed by atoms with van der Waals surface area (Å²) >= 11 is 5.82. The van der Waals surface area contributed by atoms with Gasteiger partial charge >= 0.3 is 0 Å². The van der Waals surface area contributed by atoms with Gasteiger partial charge in [0.1, 0.15) is 18.1 Å². The van der Waals surface area contributed by atoms with Crippen molar-refractivity contribution < 1.29 is 13.9 Å². The number of ether oxygens (including phenoxy) is 1. The van der Waals surface area contributed by atoms with Gasteiger partial charge < -0.3 is 14.5 Å². The molecule has 0 aliphatic heterocycles. The standard InChI is InChI=1S/C19H17ClN2O3/c1-13-17(22-19(25-13)14-5-3-2-4-6-14)18(23)21-11-12-24-16-9-7-15(20)8-10-16/h2-10H,11-12H2,1H3,(H,21,23). The summed E-state index contributed by atoms with van der Waals surface area (Å²) in [7, 11) is 0. The zero-order valence-electron chi connectivity index (χ0n) is 13.7. The van der Waals surface area contributed by atoms with E-state index in [2.05, 4.69) is 10.3 Å². The number of nitrogens with one attached hydrogen (secondary N) is 1. The summed E-state index contributed by atoms with van der Waals surface area (Å²) in [6, 6.07) is 16.5. The van der Waals surface area contributed by atoms with Crippen LogP contribution in [0.4, 0.5) is 0 Å². The van der Waals surface area contributed by atoms with E-state index < -0.39 is 0 Å². The highest BCUT2D eigenvalue weighted by Crippen LogP contribution is 2.21. The Morgan fingerprint density at radius 2 is 1.88 bits per heavy atom. The van der Waals surface area contributed by atoms with Crippen LogP contribution in [-0.4, -0.2) is 24.0 Å². The van der Waals surface area contributed by atoms with Crippen molar-refractivity contribution in [3.63, 3.8) is 0 Å². The lowest BCUT2D eigenvalue weighted by molar-refractivity contribution is 0.0941. The summed E-state index contributed by atoms with van der Waals surface area (Å²) in [6.45, 7) is 2.42. The Morgan fingerprint density at radius 3 is 2.60 bits per heavy atom. The monoisotopic (exact) mass is 356 g/mol. The summed E-state index contributed by atoms with van der Waals surface area (Å²) in [5.74, 6) is 1.32. The predicted octanol–water partition coefficient (Wildman–Crippen LogP) is 4.11. The first-order valence-corrected chi connectivity index (χ1v) is 8.20. The Balaban J connectivity index is 1.55. The molecule has 0 radical (unpaired) electrons. The Kier molecular flexibility index (Phi) is 5.36. The molecule has 0 atom stereocenters. The normalized spacial score (nSPS) is 10.5. The number of halogens is 1. The number of carbonyl (C=O) groups is 1. The molecule has 1 N–H and O–H groups in total. The first-order chi connectivity index (χ1) is 12.1. The largest absolute Gasteiger partial charge is 0.492 e. The number of benzene rings is 2. The minimum atomic E-state index is -0.289. The highest BCUT2D eigenvalue weighted by atomic mass is 35.5. The zero-order valence-corrected chi connectivity index (χ0v) is 14.4. The molecule has 128 valence electrons. The van der Waals surface area contributed by atoms with E-state index >= 15 is 0 Å². The van der Waals surface area contributed by atoms with Crippen LogP contribution in [-0.2, 0) is 0 Å². The Hall–Kier alpha value is -2.79. The van der Waals surface area contributed by atoms with Crippen LogP contribution >= 0.6 is 11.6 Å². The van der Waals surface area contributed by atoms with Crippen LogP contribution in [0.5, 0.6) is 5.75 Å². The summed E-state index contributed by atoms with van der Waals surface area (Å²) in [5, 5.41) is 3.42. The van der Waals surface area contributed by atoms with Crippen molar-refractivity contribution in [3.8, 4) is 17.2 Å². The van der Waals surface area contributed by atoms with Crippen LogP contribution in [0.25, 0.3) is 11.5 Å². The fourth-order valence-corrected chi connectivity index (χ4v) is 2.39. The lowest BCUT2D eigenvalue weighted by Crippen LogP contribution is -2.28. The second kappa shape index (κ2) is 7.85. The van der Waals surface area contributed by atoms with Crippen LogP contribution in [0.2, 0.25) is 5.02 Å². The number of carbonyl (C=O) groups excluding carboxylic acids is 1. The van der Waals surface area contributed by atoms with Gasteiger partial charge in [-0.05, 0) is 43.3 Å². The van der Waals surface area contributed by atoms with E-state index in [0.29, 0.717) is 35.6 Å². The zero-order chi connectivity index (χ0) is 17.6. The number of nitrogens with zero attached hydrogens (tertiary/aromatic N) is 1. The fourth-order valence-electron chi connectivity index (χ4n) is 2.26. The quantitative estimate of drug-likeness (QED) is 0.675. The average molecular weight is 357 g/mol. The number of aryl methyl sites for hydroxylation is 1. The number of hydrogen-bond acceptors (Lipinski definition) is 4. The number of rotatable bonds is 6. The molecule has 0 unspecified atom stereocenters. The molecule has 3 rings (SSSR count). The minimum absolute atomic E-state index is 0.283. The van der Waals surface area contributed by atoms with Crippen molar-refractivity contribution in [2.75, 3.05) is 13.2 Å². The second-order valence-electron chi connectivity index (χ2n) is 5.35. The molecular weight excluding hydrogens is 340 g/mol. The van der Waals surface area contributed by atoms with Gasteiger partial charge in [0.15, 0.2) is 5.69 Å². The molecule has 6 heteroatoms. The highest BCUT2D eigenvalue weighted by Gasteiger charge is 2.17. The molecule has 3 aromatic rings. The van der Waals surface area contributed by atoms with E-state index in [4.69, 9.17) is 20.8 Å². The van der Waals surface area contributed by atoms with Gasteiger partial charge in [0.2, 0.25) is 5.89 Å². The molecular formula is C19H17ClN2O3. The summed E-state index contributed by atoms with van der Waals surface area (Å²) in [5.41, 5.74) is 1.11. The van der Waals surface area contributed by atoms with E-state index in [0.717, 1.165) is 5.56 Å². The van der Waals surface area contributed by atoms with Gasteiger partial charge in [-0.15, -0.1) is 0 Å². The Labute approximate surface area is 150 Å². The molecule has 5 nitrogen and oxygen atoms in total. The fraction of sp³-hybridized carbons (Fsp3) is 0.158. The van der Waals surface area contributed by atoms with Gasteiger partial charge in [-0.25, -0.2) is 4.98 Å². The van der Waals surface area contributed by atoms with Gasteiger partial charge in [0.25, 0.3) is 5.91 Å². The van der Waals surface area contributed by atoms with Gasteiger partial charge in [-0.3, -0.25) is 4.79 Å². The maximum absolute atomic E-state index is 12.3. The molecule has 0 aliphatic carbocycles. The summed E-state index contributed by atoms with van der Waals surface area (Å²) in [4.78, 5) is 16.6. The molecule has 0 fully saturated rings. The van der Waals surface area contributed by atoms with Crippen molar-refractivity contribution >= 4 is 17.5 Å². The molecule has 1 aromatic heterocycles. The SMILES string of the molecule is Cc1oc(-c2ccccc2)nc1C(=O)NCCOc1ccc(Cl)cc1. The van der Waals surface area contributed by atoms with Gasteiger partial charge in [0, 0.05) is 10.6 Å². The first kappa shape index (κ1) is 17.0. The highest BCUT2D eigenvalue weighted by molar-refractivity contribution is 6.30. The van der Waals surface area contributed by atoms with Crippen LogP contribution in [0, 0.1) is 6.92 Å². The van der Waals surface area contributed by atoms with E-state index in [-0.39, 0.29) is 11.6 Å². The number of amides is 1. The smallest absolute Gasteiger partial charge is 0.273 e. The van der Waals surface area contributed by atoms with Crippen molar-refractivity contribution in [3.05, 3.63) is 71.1 Å². The van der Waals surface area contributed by atoms with E-state index in [1.807, 2.05) is 30.3 Å². The Bertz CT molecular complexity index is 845. The lowest BCUT2D eigenvalue weighted by atomic mass is 10.2. The average Bonchev–Trinajstić information content (AvgIpc) is 3.03. The number of oxazole rings is 1. The topological polar surface area (TPSA) is 64.4 Å². The van der Waals surface area contributed by atoms with Crippen molar-refractivity contribution in [1.82, 2.24) is 10.3 Å². The van der Waals surface area contributed by atoms with Crippen molar-refractivity contribution in [2.24, 2.45) is 0 Å². The molecule has 25 heavy (non-hydrogen) atoms. The molecule has 0 saturated heterocycles. The van der Waals surface area contributed by atoms with E-state index in [1.54, 1.807) is 31.2 Å². The summed E-state index contributed by atoms with van der Waals surface area (Å²) < 4.78 is 11.1. The van der Waals surface area contributed by atoms with Gasteiger partial charge in [-0.2, -0.15) is 0 Å². The van der Waals surface area contributed by atoms with Gasteiger partial charge in [0.05, 0.1) is 6.54 Å². The Morgan fingerprint density at radius 1 is 1.16 bits per heavy atom. The van der Waals surface area contributed by atoms with Crippen LogP contribution in [0.3, 0.4) is 0 Å². The van der Waals surface area contributed by atoms with Crippen LogP contribution < -0.4 is 10.1 Å². The molecule has 1 heterocycles. The van der Waals surface area contributed by atoms with Crippen LogP contribution in [0.15, 0.2) is 59.0 Å². The number of aromatic nitrogens is 1. The van der Waals surface area contributed by atoms with Gasteiger partial charge in [-0.1, -0.05) is 29.8 Å². The summed E-state index contributed by atoms with van der Waals surface area (Å²) in [6.07, 6.45) is 0. The maximum atomic E-state index is 12.3. The van der Waals surface area contributed by atoms with E-state index in [1.165, 1.54) is 0 Å². The minimum Gasteiger partial charge on any atom is -0.492 e. The third kappa shape index (κ3) is 4.39. The molecule has 0 spiro atoms. The van der Waals surface area contributed by atoms with E-state index in [9.17, 15) is 4.79 Å². The first-order valence-electron chi connectivity index (χ1n) is 7.83. The number of hydrogen-bond donors (Lipinski definition) is 1. The molecule has 0 saturated carbocycles. The second-order valence-corrected chi connectivity index (χ2v) is 5.78. The molecule has 0 aliphatic rings. The third-order valence-corrected chi connectivity index (χ3v) is 3.75. The lowest BCUT2D eigenvalue weighted by Gasteiger charge is -2.07. The van der Waals surface area contributed by atoms with Crippen molar-refractivity contribution in [2.45, 2.75) is 6.92 Å². The van der Waals surface area contributed by atoms with Crippen LogP contribution in [0.1, 0.15) is 16.2 Å². The maximum Gasteiger partial charge on any atom is 0.273 e. The molecule has 0 bridgehead atoms. The molecule has 2 aromatic carbocycles. The van der Waals surface area contributed by atoms with Crippen molar-refractivity contribution in [1.29, 1.82) is 0 Å². The predicted molar refractivity (Wildman–Crippen MR) is 96.0 cm³/mol. The molecule has 1 amide bonds.